The third kappa shape index (κ3) is 5.09. The lowest BCUT2D eigenvalue weighted by Crippen LogP contribution is -2.68. The number of hydrogen-bond donors (Lipinski definition) is 2. The molecule has 1 aliphatic rings. The first-order chi connectivity index (χ1) is 15.7. The van der Waals surface area contributed by atoms with E-state index in [9.17, 15) is 9.90 Å². The summed E-state index contributed by atoms with van der Waals surface area (Å²) in [6.07, 6.45) is 1.29. The molecule has 6 heteroatoms. The Bertz CT molecular complexity index is 916. The molecule has 0 aromatic heterocycles. The molecule has 1 saturated carbocycles. The average molecular weight is 484 g/mol. The second kappa shape index (κ2) is 9.48. The highest BCUT2D eigenvalue weighted by atomic mass is 28.4. The van der Waals surface area contributed by atoms with Crippen LogP contribution in [0.5, 0.6) is 0 Å². The van der Waals surface area contributed by atoms with Gasteiger partial charge in [-0.1, -0.05) is 102 Å². The lowest BCUT2D eigenvalue weighted by molar-refractivity contribution is -0.141. The van der Waals surface area contributed by atoms with Gasteiger partial charge in [-0.15, -0.1) is 0 Å². The molecule has 0 unspecified atom stereocenters. The minimum atomic E-state index is -2.74. The van der Waals surface area contributed by atoms with Crippen LogP contribution in [0.1, 0.15) is 67.2 Å². The van der Waals surface area contributed by atoms with Gasteiger partial charge in [0.1, 0.15) is 5.60 Å². The van der Waals surface area contributed by atoms with Crippen molar-refractivity contribution < 1.29 is 19.1 Å². The normalized spacial score (nSPS) is 24.0. The van der Waals surface area contributed by atoms with E-state index in [1.165, 1.54) is 10.4 Å². The zero-order valence-corrected chi connectivity index (χ0v) is 22.6. The number of aliphatic hydroxyl groups is 1. The molecule has 0 saturated heterocycles. The number of carbonyl (C=O) groups is 1. The molecule has 34 heavy (non-hydrogen) atoms. The molecule has 1 aliphatic carbocycles. The number of rotatable bonds is 6. The number of amides is 1. The Morgan fingerprint density at radius 3 is 1.68 bits per heavy atom. The fourth-order valence-corrected chi connectivity index (χ4v) is 10.1. The second-order valence-electron chi connectivity index (χ2n) is 11.8. The van der Waals surface area contributed by atoms with Crippen LogP contribution >= 0.6 is 0 Å². The summed E-state index contributed by atoms with van der Waals surface area (Å²) in [5.74, 6) is 0. The van der Waals surface area contributed by atoms with Crippen LogP contribution in [0.4, 0.5) is 4.79 Å². The molecule has 0 aliphatic heterocycles. The number of benzene rings is 2. The lowest BCUT2D eigenvalue weighted by Gasteiger charge is -2.51. The molecule has 1 amide bonds. The zero-order chi connectivity index (χ0) is 25.3. The van der Waals surface area contributed by atoms with E-state index >= 15 is 0 Å². The van der Waals surface area contributed by atoms with Crippen molar-refractivity contribution in [3.8, 4) is 0 Å². The fourth-order valence-electron chi connectivity index (χ4n) is 5.47. The van der Waals surface area contributed by atoms with Gasteiger partial charge in [-0.2, -0.15) is 0 Å². The van der Waals surface area contributed by atoms with Gasteiger partial charge in [-0.05, 0) is 41.1 Å². The summed E-state index contributed by atoms with van der Waals surface area (Å²) in [5.41, 5.74) is 3.44. The van der Waals surface area contributed by atoms with Crippen LogP contribution < -0.4 is 16.1 Å². The second-order valence-corrected chi connectivity index (χ2v) is 16.1. The molecule has 186 valence electrons. The highest BCUT2D eigenvalue weighted by Crippen LogP contribution is 2.48. The molecule has 0 bridgehead atoms. The summed E-state index contributed by atoms with van der Waals surface area (Å²) < 4.78 is 12.7. The van der Waals surface area contributed by atoms with Gasteiger partial charge in [-0.25, -0.2) is 4.79 Å². The van der Waals surface area contributed by atoms with E-state index < -0.39 is 25.6 Å². The smallest absolute Gasteiger partial charge is 0.405 e. The molecule has 0 heterocycles. The van der Waals surface area contributed by atoms with E-state index in [0.29, 0.717) is 25.7 Å². The molecule has 0 atom stereocenters. The van der Waals surface area contributed by atoms with Gasteiger partial charge < -0.3 is 20.0 Å². The van der Waals surface area contributed by atoms with Crippen molar-refractivity contribution in [3.63, 3.8) is 0 Å². The van der Waals surface area contributed by atoms with Gasteiger partial charge in [0, 0.05) is 5.41 Å². The van der Waals surface area contributed by atoms with E-state index in [2.05, 4.69) is 90.1 Å². The molecule has 3 rings (SSSR count). The van der Waals surface area contributed by atoms with Gasteiger partial charge in [0.05, 0.1) is 12.2 Å². The number of hydrogen-bond acceptors (Lipinski definition) is 4. The Morgan fingerprint density at radius 1 is 0.882 bits per heavy atom. The van der Waals surface area contributed by atoms with E-state index in [-0.39, 0.29) is 17.1 Å². The highest BCUT2D eigenvalue weighted by molar-refractivity contribution is 6.99. The summed E-state index contributed by atoms with van der Waals surface area (Å²) in [4.78, 5) is 11.7. The number of carbonyl (C=O) groups excluding carboxylic acids is 1. The van der Waals surface area contributed by atoms with Crippen molar-refractivity contribution in [2.75, 3.05) is 6.61 Å². The molecule has 3 N–H and O–H groups in total. The van der Waals surface area contributed by atoms with Crippen molar-refractivity contribution in [1.29, 1.82) is 0 Å². The van der Waals surface area contributed by atoms with Crippen molar-refractivity contribution in [1.82, 2.24) is 0 Å². The Morgan fingerprint density at radius 2 is 1.32 bits per heavy atom. The van der Waals surface area contributed by atoms with Crippen LogP contribution in [0.3, 0.4) is 0 Å². The predicted molar refractivity (Wildman–Crippen MR) is 140 cm³/mol. The molecule has 2 aromatic carbocycles. The highest BCUT2D eigenvalue weighted by Gasteiger charge is 2.54. The van der Waals surface area contributed by atoms with Gasteiger partial charge in [0.2, 0.25) is 0 Å². The third-order valence-corrected chi connectivity index (χ3v) is 12.6. The molecular weight excluding hydrogens is 442 g/mol. The first-order valence-corrected chi connectivity index (χ1v) is 14.1. The van der Waals surface area contributed by atoms with Crippen LogP contribution in [0.15, 0.2) is 60.7 Å². The zero-order valence-electron chi connectivity index (χ0n) is 21.6. The Kier molecular flexibility index (Phi) is 7.37. The lowest BCUT2D eigenvalue weighted by atomic mass is 9.65. The van der Waals surface area contributed by atoms with Gasteiger partial charge in [0.25, 0.3) is 8.32 Å². The van der Waals surface area contributed by atoms with Crippen LogP contribution in [0.2, 0.25) is 5.04 Å². The quantitative estimate of drug-likeness (QED) is 0.581. The predicted octanol–water partition coefficient (Wildman–Crippen LogP) is 4.75. The minimum absolute atomic E-state index is 0.162. The molecule has 5 nitrogen and oxygen atoms in total. The first-order valence-electron chi connectivity index (χ1n) is 12.2. The van der Waals surface area contributed by atoms with E-state index in [1.54, 1.807) is 0 Å². The van der Waals surface area contributed by atoms with Gasteiger partial charge >= 0.3 is 6.09 Å². The number of primary amides is 1. The SMILES string of the molecule is CC(C)(C)[Si](OC[C@]1(O)CC[C@@](OC(N)=O)(C(C)(C)C)CC1)(c1ccccc1)c1ccccc1. The third-order valence-electron chi connectivity index (χ3n) is 7.63. The van der Waals surface area contributed by atoms with E-state index in [1.807, 2.05) is 12.1 Å². The molecule has 0 spiro atoms. The summed E-state index contributed by atoms with van der Waals surface area (Å²) >= 11 is 0. The van der Waals surface area contributed by atoms with E-state index in [4.69, 9.17) is 14.9 Å². The maximum Gasteiger partial charge on any atom is 0.405 e. The summed E-state index contributed by atoms with van der Waals surface area (Å²) in [5, 5.41) is 13.9. The maximum absolute atomic E-state index is 11.7. The Hall–Kier alpha value is -2.15. The van der Waals surface area contributed by atoms with Crippen LogP contribution in [-0.4, -0.2) is 37.3 Å². The summed E-state index contributed by atoms with van der Waals surface area (Å²) in [6.45, 7) is 13.1. The topological polar surface area (TPSA) is 81.8 Å². The van der Waals surface area contributed by atoms with E-state index in [0.717, 1.165) is 0 Å². The van der Waals surface area contributed by atoms with Crippen molar-refractivity contribution in [3.05, 3.63) is 60.7 Å². The maximum atomic E-state index is 11.7. The molecule has 1 fully saturated rings. The standard InChI is InChI=1S/C28H41NO4Si/c1-25(2,3)28(33-24(29)30)19-17-27(31,18-20-28)21-32-34(26(4,5)6,22-13-9-7-10-14-22)23-15-11-8-12-16-23/h7-16,31H,17-21H2,1-6H3,(H2,29,30)/t27-,28-. The Balaban J connectivity index is 1.93. The number of nitrogens with two attached hydrogens (primary N) is 1. The minimum Gasteiger partial charge on any atom is -0.443 e. The van der Waals surface area contributed by atoms with Crippen molar-refractivity contribution in [2.24, 2.45) is 11.1 Å². The molecule has 2 aromatic rings. The summed E-state index contributed by atoms with van der Waals surface area (Å²) in [6, 6.07) is 20.9. The van der Waals surface area contributed by atoms with Crippen LogP contribution in [-0.2, 0) is 9.16 Å². The number of ether oxygens (including phenoxy) is 1. The Labute approximate surface area is 205 Å². The van der Waals surface area contributed by atoms with Crippen LogP contribution in [0.25, 0.3) is 0 Å². The summed E-state index contributed by atoms with van der Waals surface area (Å²) in [7, 11) is -2.74. The first kappa shape index (κ1) is 26.5. The monoisotopic (exact) mass is 483 g/mol. The van der Waals surface area contributed by atoms with Crippen LogP contribution in [0, 0.1) is 5.41 Å². The fraction of sp³-hybridized carbons (Fsp3) is 0.536. The van der Waals surface area contributed by atoms with Crippen molar-refractivity contribution >= 4 is 24.8 Å². The van der Waals surface area contributed by atoms with Crippen molar-refractivity contribution in [2.45, 2.75) is 83.5 Å². The average Bonchev–Trinajstić information content (AvgIpc) is 2.75. The van der Waals surface area contributed by atoms with Gasteiger partial charge in [-0.3, -0.25) is 0 Å². The largest absolute Gasteiger partial charge is 0.443 e. The van der Waals surface area contributed by atoms with Gasteiger partial charge in [0.15, 0.2) is 0 Å². The molecule has 0 radical (unpaired) electrons. The molecular formula is C28H41NO4Si.